The fourth-order valence-electron chi connectivity index (χ4n) is 4.60. The summed E-state index contributed by atoms with van der Waals surface area (Å²) in [6.07, 6.45) is 2.05. The Morgan fingerprint density at radius 3 is 2.27 bits per heavy atom. The van der Waals surface area contributed by atoms with Crippen molar-refractivity contribution in [3.05, 3.63) is 36.6 Å². The van der Waals surface area contributed by atoms with Gasteiger partial charge in [0.15, 0.2) is 6.26 Å². The molecule has 0 radical (unpaired) electrons. The van der Waals surface area contributed by atoms with E-state index in [0.717, 1.165) is 25.9 Å². The Balaban J connectivity index is 1.47. The highest BCUT2D eigenvalue weighted by atomic mass is 19.3. The van der Waals surface area contributed by atoms with Gasteiger partial charge in [-0.1, -0.05) is 13.3 Å². The second-order valence-electron chi connectivity index (χ2n) is 8.38. The molecule has 30 heavy (non-hydrogen) atoms. The average Bonchev–Trinajstić information content (AvgIpc) is 2.74. The van der Waals surface area contributed by atoms with Gasteiger partial charge in [0.25, 0.3) is 0 Å². The first kappa shape index (κ1) is 22.9. The SMILES string of the molecule is CCCC1CCC(C2CCC(C(F)(F)Oc3ccc(OC=C(F)F)cc3)CC2)OC1. The summed E-state index contributed by atoms with van der Waals surface area (Å²) in [5.41, 5.74) is 0. The van der Waals surface area contributed by atoms with Gasteiger partial charge in [-0.25, -0.2) is 0 Å². The van der Waals surface area contributed by atoms with Crippen molar-refractivity contribution in [3.8, 4) is 11.5 Å². The Labute approximate surface area is 175 Å². The van der Waals surface area contributed by atoms with Gasteiger partial charge in [0.05, 0.1) is 12.0 Å². The van der Waals surface area contributed by atoms with E-state index in [0.29, 0.717) is 30.9 Å². The molecule has 1 aliphatic carbocycles. The first-order chi connectivity index (χ1) is 14.4. The van der Waals surface area contributed by atoms with Crippen LogP contribution in [0.1, 0.15) is 58.3 Å². The highest BCUT2D eigenvalue weighted by Gasteiger charge is 2.45. The number of rotatable bonds is 8. The third-order valence-electron chi connectivity index (χ3n) is 6.24. The van der Waals surface area contributed by atoms with Crippen LogP contribution in [-0.2, 0) is 4.74 Å². The molecule has 3 rings (SSSR count). The van der Waals surface area contributed by atoms with Gasteiger partial charge in [0, 0.05) is 6.61 Å². The zero-order chi connectivity index (χ0) is 21.6. The van der Waals surface area contributed by atoms with E-state index in [2.05, 4.69) is 6.92 Å². The smallest absolute Gasteiger partial charge is 0.400 e. The Morgan fingerprint density at radius 1 is 1.03 bits per heavy atom. The van der Waals surface area contributed by atoms with Crippen LogP contribution in [0.15, 0.2) is 36.6 Å². The van der Waals surface area contributed by atoms with Crippen molar-refractivity contribution in [2.75, 3.05) is 6.61 Å². The van der Waals surface area contributed by atoms with E-state index in [1.54, 1.807) is 0 Å². The first-order valence-electron chi connectivity index (χ1n) is 10.8. The van der Waals surface area contributed by atoms with Crippen molar-refractivity contribution < 1.29 is 31.8 Å². The fraction of sp³-hybridized carbons (Fsp3) is 0.652. The summed E-state index contributed by atoms with van der Waals surface area (Å²) in [7, 11) is 0. The Bertz CT molecular complexity index is 672. The predicted octanol–water partition coefficient (Wildman–Crippen LogP) is 7.18. The van der Waals surface area contributed by atoms with Crippen molar-refractivity contribution in [2.45, 2.75) is 70.5 Å². The minimum atomic E-state index is -3.28. The molecule has 1 saturated carbocycles. The molecule has 2 fully saturated rings. The maximum Gasteiger partial charge on any atom is 0.400 e. The van der Waals surface area contributed by atoms with Gasteiger partial charge in [0.2, 0.25) is 0 Å². The molecule has 2 unspecified atom stereocenters. The van der Waals surface area contributed by atoms with Crippen LogP contribution in [0, 0.1) is 17.8 Å². The average molecular weight is 430 g/mol. The van der Waals surface area contributed by atoms with Gasteiger partial charge in [-0.2, -0.15) is 17.6 Å². The molecule has 0 N–H and O–H groups in total. The molecule has 168 valence electrons. The van der Waals surface area contributed by atoms with Crippen LogP contribution in [0.25, 0.3) is 0 Å². The van der Waals surface area contributed by atoms with Crippen LogP contribution in [0.2, 0.25) is 0 Å². The molecule has 7 heteroatoms. The first-order valence-corrected chi connectivity index (χ1v) is 10.8. The van der Waals surface area contributed by atoms with Gasteiger partial charge in [0.1, 0.15) is 11.5 Å². The van der Waals surface area contributed by atoms with Crippen LogP contribution in [0.5, 0.6) is 11.5 Å². The minimum absolute atomic E-state index is 0.0169. The second-order valence-corrected chi connectivity index (χ2v) is 8.38. The normalized spacial score (nSPS) is 27.4. The van der Waals surface area contributed by atoms with Crippen LogP contribution >= 0.6 is 0 Å². The Morgan fingerprint density at radius 2 is 1.70 bits per heavy atom. The van der Waals surface area contributed by atoms with Gasteiger partial charge < -0.3 is 14.2 Å². The quantitative estimate of drug-likeness (QED) is 0.323. The number of alkyl halides is 2. The zero-order valence-electron chi connectivity index (χ0n) is 17.3. The molecule has 1 heterocycles. The Kier molecular flexibility index (Phi) is 8.03. The molecule has 1 aliphatic heterocycles. The van der Waals surface area contributed by atoms with E-state index < -0.39 is 18.1 Å². The van der Waals surface area contributed by atoms with E-state index in [1.807, 2.05) is 0 Å². The lowest BCUT2D eigenvalue weighted by molar-refractivity contribution is -0.225. The van der Waals surface area contributed by atoms with Crippen molar-refractivity contribution in [3.63, 3.8) is 0 Å². The molecule has 3 nitrogen and oxygen atoms in total. The predicted molar refractivity (Wildman–Crippen MR) is 106 cm³/mol. The highest BCUT2D eigenvalue weighted by molar-refractivity contribution is 5.32. The van der Waals surface area contributed by atoms with Crippen LogP contribution in [-0.4, -0.2) is 18.8 Å². The number of hydrogen-bond donors (Lipinski definition) is 0. The minimum Gasteiger partial charge on any atom is -0.459 e. The van der Waals surface area contributed by atoms with Crippen molar-refractivity contribution in [2.24, 2.45) is 17.8 Å². The molecule has 1 saturated heterocycles. The maximum absolute atomic E-state index is 14.7. The standard InChI is InChI=1S/C23H30F4O3/c1-2-3-16-4-13-21(29-14-16)17-5-7-18(8-6-17)23(26,27)30-20-11-9-19(10-12-20)28-15-22(24)25/h9-12,15-18,21H,2-8,13-14H2,1H3. The van der Waals surface area contributed by atoms with Crippen molar-refractivity contribution >= 4 is 0 Å². The van der Waals surface area contributed by atoms with Crippen LogP contribution in [0.3, 0.4) is 0 Å². The van der Waals surface area contributed by atoms with E-state index in [4.69, 9.17) is 14.2 Å². The monoisotopic (exact) mass is 430 g/mol. The molecular formula is C23H30F4O3. The lowest BCUT2D eigenvalue weighted by Crippen LogP contribution is -2.40. The zero-order valence-corrected chi connectivity index (χ0v) is 17.3. The maximum atomic E-state index is 14.7. The lowest BCUT2D eigenvalue weighted by Gasteiger charge is -2.39. The second kappa shape index (κ2) is 10.5. The third kappa shape index (κ3) is 6.37. The molecule has 2 aliphatic rings. The van der Waals surface area contributed by atoms with E-state index in [1.165, 1.54) is 43.5 Å². The summed E-state index contributed by atoms with van der Waals surface area (Å²) in [4.78, 5) is 0. The van der Waals surface area contributed by atoms with Gasteiger partial charge in [-0.3, -0.25) is 0 Å². The topological polar surface area (TPSA) is 27.7 Å². The molecule has 0 bridgehead atoms. The molecular weight excluding hydrogens is 400 g/mol. The van der Waals surface area contributed by atoms with Crippen LogP contribution in [0.4, 0.5) is 17.6 Å². The molecule has 1 aromatic rings. The summed E-state index contributed by atoms with van der Waals surface area (Å²) in [5, 5.41) is 0. The molecule has 0 aromatic heterocycles. The number of hydrogen-bond acceptors (Lipinski definition) is 3. The lowest BCUT2D eigenvalue weighted by atomic mass is 9.76. The van der Waals surface area contributed by atoms with E-state index in [-0.39, 0.29) is 17.6 Å². The summed E-state index contributed by atoms with van der Waals surface area (Å²) >= 11 is 0. The highest BCUT2D eigenvalue weighted by Crippen LogP contribution is 2.43. The molecule has 0 spiro atoms. The van der Waals surface area contributed by atoms with Gasteiger partial charge in [-0.15, -0.1) is 0 Å². The van der Waals surface area contributed by atoms with Crippen molar-refractivity contribution in [1.29, 1.82) is 0 Å². The molecule has 2 atom stereocenters. The fourth-order valence-corrected chi connectivity index (χ4v) is 4.60. The number of halogens is 4. The number of benzene rings is 1. The van der Waals surface area contributed by atoms with E-state index in [9.17, 15) is 17.6 Å². The third-order valence-corrected chi connectivity index (χ3v) is 6.24. The largest absolute Gasteiger partial charge is 0.459 e. The number of ether oxygens (including phenoxy) is 3. The Hall–Kier alpha value is -1.76. The summed E-state index contributed by atoms with van der Waals surface area (Å²) in [6.45, 7) is 2.98. The van der Waals surface area contributed by atoms with Crippen molar-refractivity contribution in [1.82, 2.24) is 0 Å². The summed E-state index contributed by atoms with van der Waals surface area (Å²) in [5.74, 6) is 0.248. The molecule has 1 aromatic carbocycles. The summed E-state index contributed by atoms with van der Waals surface area (Å²) in [6, 6.07) is 5.21. The molecule has 0 amide bonds. The van der Waals surface area contributed by atoms with E-state index >= 15 is 0 Å². The van der Waals surface area contributed by atoms with Gasteiger partial charge >= 0.3 is 12.2 Å². The van der Waals surface area contributed by atoms with Crippen LogP contribution < -0.4 is 9.47 Å². The van der Waals surface area contributed by atoms with Gasteiger partial charge in [-0.05, 0) is 81.0 Å². The summed E-state index contributed by atoms with van der Waals surface area (Å²) < 4.78 is 69.1.